The lowest BCUT2D eigenvalue weighted by Crippen LogP contribution is -2.37. The van der Waals surface area contributed by atoms with Crippen molar-refractivity contribution in [1.82, 2.24) is 15.3 Å². The number of imidazole rings is 1. The summed E-state index contributed by atoms with van der Waals surface area (Å²) in [4.78, 5) is 44.4. The van der Waals surface area contributed by atoms with E-state index in [2.05, 4.69) is 50.6 Å². The second-order valence-electron chi connectivity index (χ2n) is 11.5. The van der Waals surface area contributed by atoms with E-state index in [0.29, 0.717) is 18.6 Å². The second-order valence-corrected chi connectivity index (χ2v) is 11.5. The molecule has 5 rings (SSSR count). The number of carboxylic acids is 1. The van der Waals surface area contributed by atoms with Crippen LogP contribution >= 0.6 is 0 Å². The summed E-state index contributed by atoms with van der Waals surface area (Å²) in [5, 5.41) is 15.4. The molecule has 0 spiro atoms. The molecular weight excluding hydrogens is 625 g/mol. The number of rotatable bonds is 13. The average Bonchev–Trinajstić information content (AvgIpc) is 3.67. The summed E-state index contributed by atoms with van der Waals surface area (Å²) in [6, 6.07) is 20.3. The maximum Gasteiger partial charge on any atom is 0.430 e. The SMILES string of the molecule is CCC(=O)CCCCC[C@H](NC(=O)Cc1c(C)[nH]c2ccc(OC)cc12)c1[nH]c(-c2cccc3ccccc23)c[nH+]1.O=C([O-])C(F)(F)F. The Balaban J connectivity index is 0.000000671. The maximum atomic E-state index is 13.5. The molecule has 254 valence electrons. The fraction of sp³-hybridized carbons (Fsp3) is 0.333. The molecule has 2 aromatic heterocycles. The summed E-state index contributed by atoms with van der Waals surface area (Å²) < 4.78 is 37.0. The van der Waals surface area contributed by atoms with Gasteiger partial charge >= 0.3 is 6.18 Å². The number of H-pyrrole nitrogens is 3. The highest BCUT2D eigenvalue weighted by molar-refractivity contribution is 5.95. The van der Waals surface area contributed by atoms with Crippen LogP contribution in [0.25, 0.3) is 32.9 Å². The Morgan fingerprint density at radius 2 is 1.71 bits per heavy atom. The third-order valence-electron chi connectivity index (χ3n) is 8.14. The summed E-state index contributed by atoms with van der Waals surface area (Å²) in [5.74, 6) is -1.12. The Labute approximate surface area is 275 Å². The molecule has 9 nitrogen and oxygen atoms in total. The van der Waals surface area contributed by atoms with Crippen molar-refractivity contribution in [2.24, 2.45) is 0 Å². The van der Waals surface area contributed by atoms with Gasteiger partial charge in [-0.2, -0.15) is 13.2 Å². The van der Waals surface area contributed by atoms with Gasteiger partial charge in [-0.05, 0) is 60.4 Å². The summed E-state index contributed by atoms with van der Waals surface area (Å²) in [5.41, 5.74) is 5.02. The second kappa shape index (κ2) is 16.1. The van der Waals surface area contributed by atoms with Gasteiger partial charge in [-0.3, -0.25) is 9.59 Å². The van der Waals surface area contributed by atoms with E-state index in [1.165, 1.54) is 10.8 Å². The first-order valence-corrected chi connectivity index (χ1v) is 15.7. The van der Waals surface area contributed by atoms with Gasteiger partial charge in [-0.25, -0.2) is 9.97 Å². The van der Waals surface area contributed by atoms with Gasteiger partial charge in [0.25, 0.3) is 5.82 Å². The minimum atomic E-state index is -5.19. The number of unbranched alkanes of at least 4 members (excludes halogenated alkanes) is 2. The first kappa shape index (κ1) is 35.7. The number of aryl methyl sites for hydroxylation is 1. The molecule has 48 heavy (non-hydrogen) atoms. The van der Waals surface area contributed by atoms with Crippen LogP contribution in [0.2, 0.25) is 0 Å². The Bertz CT molecular complexity index is 1870. The fourth-order valence-corrected chi connectivity index (χ4v) is 5.60. The summed E-state index contributed by atoms with van der Waals surface area (Å²) in [6.45, 7) is 3.91. The fourth-order valence-electron chi connectivity index (χ4n) is 5.60. The topological polar surface area (TPSA) is 141 Å². The van der Waals surface area contributed by atoms with E-state index in [0.717, 1.165) is 70.7 Å². The normalized spacial score (nSPS) is 12.0. The predicted octanol–water partition coefficient (Wildman–Crippen LogP) is 6.08. The smallest absolute Gasteiger partial charge is 0.430 e. The number of carbonyl (C=O) groups excluding carboxylic acids is 3. The van der Waals surface area contributed by atoms with Crippen molar-refractivity contribution in [1.29, 1.82) is 0 Å². The molecule has 2 heterocycles. The number of aromatic amines is 3. The van der Waals surface area contributed by atoms with Crippen molar-refractivity contribution in [2.45, 2.75) is 71.0 Å². The number of amides is 1. The van der Waals surface area contributed by atoms with Crippen LogP contribution in [0.1, 0.15) is 68.6 Å². The van der Waals surface area contributed by atoms with E-state index < -0.39 is 12.1 Å². The van der Waals surface area contributed by atoms with Gasteiger partial charge in [0.05, 0.1) is 13.5 Å². The molecular formula is C36H39F3N4O5. The molecule has 0 aliphatic carbocycles. The molecule has 12 heteroatoms. The van der Waals surface area contributed by atoms with Crippen molar-refractivity contribution in [2.75, 3.05) is 7.11 Å². The first-order chi connectivity index (χ1) is 22.9. The number of nitrogens with one attached hydrogen (secondary N) is 4. The predicted molar refractivity (Wildman–Crippen MR) is 174 cm³/mol. The number of benzene rings is 3. The molecule has 1 atom stereocenters. The number of hydrogen-bond acceptors (Lipinski definition) is 5. The molecule has 3 aromatic carbocycles. The number of aromatic nitrogens is 3. The molecule has 0 saturated heterocycles. The standard InChI is InChI=1S/C34H38N4O3.C2HF3O2/c1-4-24(39)13-6-5-7-16-31(34-35-21-32(38-34)27-15-10-12-23-11-8-9-14-26(23)27)37-33(40)20-28-22(2)36-30-18-17-25(41-3)19-29(28)30;3-2(4,5)1(6)7/h8-12,14-15,17-19,21,31,36H,4-7,13,16,20H2,1-3H3,(H,35,38)(H,37,40);(H,6,7)/t31-;/m0./s1. The molecule has 0 fully saturated rings. The van der Waals surface area contributed by atoms with E-state index in [1.54, 1.807) is 7.11 Å². The van der Waals surface area contributed by atoms with Crippen LogP contribution in [0.4, 0.5) is 13.2 Å². The lowest BCUT2D eigenvalue weighted by atomic mass is 10.0. The molecule has 0 aliphatic rings. The van der Waals surface area contributed by atoms with Gasteiger partial charge in [0.2, 0.25) is 5.91 Å². The molecule has 4 N–H and O–H groups in total. The third-order valence-corrected chi connectivity index (χ3v) is 8.14. The molecule has 0 bridgehead atoms. The number of aliphatic carboxylic acids is 1. The highest BCUT2D eigenvalue weighted by Crippen LogP contribution is 2.29. The van der Waals surface area contributed by atoms with E-state index in [9.17, 15) is 22.8 Å². The number of halogens is 3. The van der Waals surface area contributed by atoms with Crippen molar-refractivity contribution in [3.8, 4) is 17.0 Å². The van der Waals surface area contributed by atoms with E-state index in [-0.39, 0.29) is 18.4 Å². The zero-order valence-electron chi connectivity index (χ0n) is 27.1. The number of carbonyl (C=O) groups is 3. The van der Waals surface area contributed by atoms with Crippen LogP contribution in [0, 0.1) is 6.92 Å². The van der Waals surface area contributed by atoms with Crippen molar-refractivity contribution < 1.29 is 42.4 Å². The number of carboxylic acid groups (broad SMARTS) is 1. The highest BCUT2D eigenvalue weighted by Gasteiger charge is 2.29. The number of alkyl halides is 3. The van der Waals surface area contributed by atoms with Gasteiger partial charge < -0.3 is 24.9 Å². The van der Waals surface area contributed by atoms with E-state index >= 15 is 0 Å². The highest BCUT2D eigenvalue weighted by atomic mass is 19.4. The summed E-state index contributed by atoms with van der Waals surface area (Å²) >= 11 is 0. The number of fused-ring (bicyclic) bond motifs is 2. The van der Waals surface area contributed by atoms with Crippen molar-refractivity contribution >= 4 is 39.3 Å². The largest absolute Gasteiger partial charge is 0.542 e. The number of Topliss-reactive ketones (excluding diaryl/α,β-unsaturated/α-hetero) is 1. The Morgan fingerprint density at radius 1 is 0.979 bits per heavy atom. The van der Waals surface area contributed by atoms with Crippen LogP contribution in [0.5, 0.6) is 5.75 Å². The molecule has 1 amide bonds. The van der Waals surface area contributed by atoms with Crippen LogP contribution in [-0.2, 0) is 20.8 Å². The van der Waals surface area contributed by atoms with Gasteiger partial charge in [0.1, 0.15) is 29.7 Å². The lowest BCUT2D eigenvalue weighted by molar-refractivity contribution is -0.391. The lowest BCUT2D eigenvalue weighted by Gasteiger charge is -2.14. The molecule has 0 unspecified atom stereocenters. The maximum absolute atomic E-state index is 13.5. The van der Waals surface area contributed by atoms with Gasteiger partial charge in [0.15, 0.2) is 5.69 Å². The first-order valence-electron chi connectivity index (χ1n) is 15.7. The van der Waals surface area contributed by atoms with Crippen LogP contribution < -0.4 is 20.1 Å². The Kier molecular flexibility index (Phi) is 12.0. The zero-order chi connectivity index (χ0) is 34.8. The quantitative estimate of drug-likeness (QED) is 0.131. The average molecular weight is 665 g/mol. The minimum absolute atomic E-state index is 0.0438. The van der Waals surface area contributed by atoms with E-state index in [1.807, 2.05) is 50.4 Å². The van der Waals surface area contributed by atoms with Crippen LogP contribution in [0.15, 0.2) is 66.9 Å². The van der Waals surface area contributed by atoms with E-state index in [4.69, 9.17) is 14.6 Å². The van der Waals surface area contributed by atoms with Crippen LogP contribution in [-0.4, -0.2) is 40.9 Å². The Morgan fingerprint density at radius 3 is 2.42 bits per heavy atom. The summed E-state index contributed by atoms with van der Waals surface area (Å²) in [7, 11) is 1.65. The minimum Gasteiger partial charge on any atom is -0.542 e. The van der Waals surface area contributed by atoms with Gasteiger partial charge in [-0.1, -0.05) is 56.2 Å². The molecule has 5 aromatic rings. The molecule has 0 aliphatic heterocycles. The zero-order valence-corrected chi connectivity index (χ0v) is 27.1. The summed E-state index contributed by atoms with van der Waals surface area (Å²) in [6.07, 6.45) is 1.74. The van der Waals surface area contributed by atoms with Crippen LogP contribution in [0.3, 0.4) is 0 Å². The molecule has 0 radical (unpaired) electrons. The number of methoxy groups -OCH3 is 1. The van der Waals surface area contributed by atoms with Gasteiger partial charge in [0, 0.05) is 35.0 Å². The number of hydrogen-bond donors (Lipinski definition) is 3. The van der Waals surface area contributed by atoms with Gasteiger partial charge in [-0.15, -0.1) is 0 Å². The number of ether oxygens (including phenoxy) is 1. The monoisotopic (exact) mass is 664 g/mol. The molecule has 0 saturated carbocycles. The van der Waals surface area contributed by atoms with Crippen molar-refractivity contribution in [3.63, 3.8) is 0 Å². The number of ketones is 1. The third kappa shape index (κ3) is 9.24. The van der Waals surface area contributed by atoms with Crippen molar-refractivity contribution in [3.05, 3.63) is 83.9 Å². The Hall–Kier alpha value is -5.13.